The summed E-state index contributed by atoms with van der Waals surface area (Å²) in [5, 5.41) is 18.6. The van der Waals surface area contributed by atoms with Crippen molar-refractivity contribution in [3.63, 3.8) is 0 Å². The van der Waals surface area contributed by atoms with Crippen molar-refractivity contribution >= 4 is 12.0 Å². The molecule has 2 aromatic carbocycles. The van der Waals surface area contributed by atoms with Crippen LogP contribution in [0.15, 0.2) is 48.5 Å². The van der Waals surface area contributed by atoms with Crippen molar-refractivity contribution in [2.75, 3.05) is 13.7 Å². The first-order chi connectivity index (χ1) is 11.1. The Balaban J connectivity index is 1.85. The molecule has 2 N–H and O–H groups in total. The zero-order valence-electron chi connectivity index (χ0n) is 12.7. The van der Waals surface area contributed by atoms with Crippen LogP contribution < -0.4 is 4.74 Å². The molecule has 2 aromatic rings. The maximum atomic E-state index is 11.7. The largest absolute Gasteiger partial charge is 0.504 e. The van der Waals surface area contributed by atoms with Gasteiger partial charge in [0.1, 0.15) is 5.75 Å². The van der Waals surface area contributed by atoms with Crippen LogP contribution in [0, 0.1) is 0 Å². The third-order valence-corrected chi connectivity index (χ3v) is 3.22. The lowest BCUT2D eigenvalue weighted by atomic mass is 10.1. The average Bonchev–Trinajstić information content (AvgIpc) is 2.56. The molecule has 5 heteroatoms. The number of benzene rings is 2. The highest BCUT2D eigenvalue weighted by Crippen LogP contribution is 2.25. The first kappa shape index (κ1) is 16.4. The lowest BCUT2D eigenvalue weighted by molar-refractivity contribution is -0.137. The molecule has 0 aliphatic carbocycles. The second-order valence-corrected chi connectivity index (χ2v) is 4.81. The summed E-state index contributed by atoms with van der Waals surface area (Å²) in [5.74, 6) is -0.163. The van der Waals surface area contributed by atoms with Crippen LogP contribution in [0.1, 0.15) is 11.1 Å². The van der Waals surface area contributed by atoms with Crippen LogP contribution in [0.5, 0.6) is 17.2 Å². The van der Waals surface area contributed by atoms with E-state index in [0.29, 0.717) is 12.0 Å². The number of aromatic hydroxyl groups is 2. The number of methoxy groups -OCH3 is 1. The van der Waals surface area contributed by atoms with Crippen molar-refractivity contribution in [3.8, 4) is 17.2 Å². The Kier molecular flexibility index (Phi) is 5.63. The summed E-state index contributed by atoms with van der Waals surface area (Å²) in [6.45, 7) is 0.240. The molecule has 0 unspecified atom stereocenters. The molecule has 0 bridgehead atoms. The van der Waals surface area contributed by atoms with Gasteiger partial charge in [-0.1, -0.05) is 24.3 Å². The third-order valence-electron chi connectivity index (χ3n) is 3.22. The van der Waals surface area contributed by atoms with Gasteiger partial charge in [-0.2, -0.15) is 0 Å². The first-order valence-electron chi connectivity index (χ1n) is 7.09. The maximum absolute atomic E-state index is 11.7. The van der Waals surface area contributed by atoms with Crippen molar-refractivity contribution in [1.29, 1.82) is 0 Å². The molecular formula is C18H18O5. The molecule has 0 aromatic heterocycles. The summed E-state index contributed by atoms with van der Waals surface area (Å²) in [6.07, 6.45) is 3.34. The van der Waals surface area contributed by atoms with Gasteiger partial charge in [0.15, 0.2) is 11.5 Å². The monoisotopic (exact) mass is 314 g/mol. The topological polar surface area (TPSA) is 76.0 Å². The molecule has 5 nitrogen and oxygen atoms in total. The van der Waals surface area contributed by atoms with Crippen LogP contribution >= 0.6 is 0 Å². The number of esters is 1. The Hall–Kier alpha value is -2.95. The van der Waals surface area contributed by atoms with E-state index in [0.717, 1.165) is 11.3 Å². The summed E-state index contributed by atoms with van der Waals surface area (Å²) in [4.78, 5) is 11.7. The quantitative estimate of drug-likeness (QED) is 0.487. The fourth-order valence-electron chi connectivity index (χ4n) is 2.03. The van der Waals surface area contributed by atoms with Crippen LogP contribution in [0.3, 0.4) is 0 Å². The molecule has 0 atom stereocenters. The Morgan fingerprint density at radius 1 is 1.13 bits per heavy atom. The molecule has 0 saturated heterocycles. The Labute approximate surface area is 134 Å². The van der Waals surface area contributed by atoms with E-state index in [-0.39, 0.29) is 18.1 Å². The zero-order chi connectivity index (χ0) is 16.7. The molecule has 0 amide bonds. The van der Waals surface area contributed by atoms with E-state index in [1.165, 1.54) is 24.3 Å². The number of para-hydroxylation sites is 1. The fourth-order valence-corrected chi connectivity index (χ4v) is 2.03. The molecule has 0 saturated carbocycles. The predicted molar refractivity (Wildman–Crippen MR) is 86.5 cm³/mol. The van der Waals surface area contributed by atoms with Gasteiger partial charge in [0.25, 0.3) is 0 Å². The fraction of sp³-hybridized carbons (Fsp3) is 0.167. The van der Waals surface area contributed by atoms with E-state index >= 15 is 0 Å². The highest BCUT2D eigenvalue weighted by molar-refractivity contribution is 5.87. The van der Waals surface area contributed by atoms with Crippen LogP contribution in [0.2, 0.25) is 0 Å². The summed E-state index contributed by atoms with van der Waals surface area (Å²) < 4.78 is 10.4. The highest BCUT2D eigenvalue weighted by Gasteiger charge is 2.04. The van der Waals surface area contributed by atoms with Gasteiger partial charge in [-0.3, -0.25) is 0 Å². The predicted octanol–water partition coefficient (Wildman–Crippen LogP) is 2.91. The second kappa shape index (κ2) is 7.89. The van der Waals surface area contributed by atoms with E-state index < -0.39 is 5.97 Å². The van der Waals surface area contributed by atoms with E-state index in [2.05, 4.69) is 0 Å². The average molecular weight is 314 g/mol. The zero-order valence-corrected chi connectivity index (χ0v) is 12.7. The minimum absolute atomic E-state index is 0.207. The number of ether oxygens (including phenoxy) is 2. The van der Waals surface area contributed by atoms with Gasteiger partial charge in [0, 0.05) is 12.5 Å². The number of carbonyl (C=O) groups excluding carboxylic acids is 1. The Bertz CT molecular complexity index is 706. The van der Waals surface area contributed by atoms with Crippen molar-refractivity contribution in [3.05, 3.63) is 59.7 Å². The molecule has 0 fully saturated rings. The van der Waals surface area contributed by atoms with E-state index in [4.69, 9.17) is 9.47 Å². The minimum Gasteiger partial charge on any atom is -0.504 e. The van der Waals surface area contributed by atoms with Gasteiger partial charge in [-0.15, -0.1) is 0 Å². The van der Waals surface area contributed by atoms with Crippen molar-refractivity contribution in [2.24, 2.45) is 0 Å². The molecule has 120 valence electrons. The number of phenolic OH excluding ortho intramolecular Hbond substituents is 2. The number of hydrogen-bond acceptors (Lipinski definition) is 5. The van der Waals surface area contributed by atoms with Crippen molar-refractivity contribution in [1.82, 2.24) is 0 Å². The summed E-state index contributed by atoms with van der Waals surface area (Å²) in [6, 6.07) is 11.8. The van der Waals surface area contributed by atoms with Crippen LogP contribution in [-0.4, -0.2) is 29.9 Å². The molecule has 0 aliphatic heterocycles. The second-order valence-electron chi connectivity index (χ2n) is 4.81. The third kappa shape index (κ3) is 4.78. The van der Waals surface area contributed by atoms with Crippen molar-refractivity contribution in [2.45, 2.75) is 6.42 Å². The van der Waals surface area contributed by atoms with Crippen molar-refractivity contribution < 1.29 is 24.5 Å². The number of rotatable bonds is 6. The van der Waals surface area contributed by atoms with E-state index in [1.807, 2.05) is 24.3 Å². The molecule has 0 spiro atoms. The van der Waals surface area contributed by atoms with Gasteiger partial charge >= 0.3 is 5.97 Å². The van der Waals surface area contributed by atoms with Crippen LogP contribution in [0.4, 0.5) is 0 Å². The van der Waals surface area contributed by atoms with Gasteiger partial charge < -0.3 is 19.7 Å². The smallest absolute Gasteiger partial charge is 0.330 e. The van der Waals surface area contributed by atoms with E-state index in [1.54, 1.807) is 13.2 Å². The molecule has 0 radical (unpaired) electrons. The van der Waals surface area contributed by atoms with E-state index in [9.17, 15) is 15.0 Å². The summed E-state index contributed by atoms with van der Waals surface area (Å²) >= 11 is 0. The molecular weight excluding hydrogens is 296 g/mol. The highest BCUT2D eigenvalue weighted by atomic mass is 16.5. The van der Waals surface area contributed by atoms with Gasteiger partial charge in [0.05, 0.1) is 13.7 Å². The van der Waals surface area contributed by atoms with Gasteiger partial charge in [-0.25, -0.2) is 4.79 Å². The minimum atomic E-state index is -0.479. The number of carbonyl (C=O) groups is 1. The molecule has 0 heterocycles. The Morgan fingerprint density at radius 3 is 2.65 bits per heavy atom. The molecule has 23 heavy (non-hydrogen) atoms. The Morgan fingerprint density at radius 2 is 1.91 bits per heavy atom. The van der Waals surface area contributed by atoms with Crippen LogP contribution in [0.25, 0.3) is 6.08 Å². The number of hydrogen-bond donors (Lipinski definition) is 2. The first-order valence-corrected chi connectivity index (χ1v) is 7.09. The maximum Gasteiger partial charge on any atom is 0.330 e. The normalized spacial score (nSPS) is 10.7. The standard InChI is InChI=1S/C18H18O5/c1-22-17-5-3-2-4-14(17)10-11-23-18(21)9-7-13-6-8-15(19)16(20)12-13/h2-9,12,19-20H,10-11H2,1H3/b9-7+. The van der Waals surface area contributed by atoms with Crippen LogP contribution in [-0.2, 0) is 16.0 Å². The van der Waals surface area contributed by atoms with Gasteiger partial charge in [-0.05, 0) is 35.4 Å². The molecule has 2 rings (SSSR count). The summed E-state index contributed by atoms with van der Waals surface area (Å²) in [7, 11) is 1.60. The summed E-state index contributed by atoms with van der Waals surface area (Å²) in [5.41, 5.74) is 1.55. The van der Waals surface area contributed by atoms with Gasteiger partial charge in [0.2, 0.25) is 0 Å². The molecule has 0 aliphatic rings. The lowest BCUT2D eigenvalue weighted by Gasteiger charge is -2.07. The SMILES string of the molecule is COc1ccccc1CCOC(=O)/C=C/c1ccc(O)c(O)c1. The lowest BCUT2D eigenvalue weighted by Crippen LogP contribution is -2.05. The number of phenols is 2.